The molecule has 2 atom stereocenters. The fourth-order valence-electron chi connectivity index (χ4n) is 4.36. The van der Waals surface area contributed by atoms with Crippen LogP contribution in [0, 0.1) is 6.92 Å². The van der Waals surface area contributed by atoms with Gasteiger partial charge in [0.15, 0.2) is 5.69 Å². The number of hydrogen-bond acceptors (Lipinski definition) is 7. The van der Waals surface area contributed by atoms with Crippen molar-refractivity contribution in [1.82, 2.24) is 15.2 Å². The summed E-state index contributed by atoms with van der Waals surface area (Å²) >= 11 is 0. The molecule has 34 heavy (non-hydrogen) atoms. The zero-order valence-corrected chi connectivity index (χ0v) is 20.9. The Labute approximate surface area is 201 Å². The number of benzene rings is 1. The predicted octanol–water partition coefficient (Wildman–Crippen LogP) is 5.48. The smallest absolute Gasteiger partial charge is 0.268 e. The third kappa shape index (κ3) is 5.41. The second-order valence-corrected chi connectivity index (χ2v) is 10.7. The number of hydrogen-bond donors (Lipinski definition) is 2. The van der Waals surface area contributed by atoms with Crippen molar-refractivity contribution in [2.24, 2.45) is 0 Å². The lowest BCUT2D eigenvalue weighted by Crippen LogP contribution is -2.23. The molecule has 7 nitrogen and oxygen atoms in total. The number of aryl methyl sites for hydroxylation is 1. The highest BCUT2D eigenvalue weighted by molar-refractivity contribution is 5.67. The third-order valence-corrected chi connectivity index (χ3v) is 6.51. The molecule has 0 radical (unpaired) electrons. The highest BCUT2D eigenvalue weighted by atomic mass is 16.5. The maximum atomic E-state index is 10.9. The van der Waals surface area contributed by atoms with Crippen LogP contribution < -0.4 is 10.5 Å². The molecule has 3 aromatic rings. The number of nitrogens with two attached hydrogens (primary N) is 1. The van der Waals surface area contributed by atoms with Gasteiger partial charge in [-0.3, -0.25) is 0 Å². The Morgan fingerprint density at radius 1 is 1.15 bits per heavy atom. The standard InChI is InChI=1S/C27H36N4O3/c1-17-14-21(28)22-24-30-31-25(34-24)27(5,32)13-8-6-7-12-20(33-23(17)29-22)16-18-10-9-11-19(15-18)26(2,3)4/h9-11,14-15,20,32H,6-8,12-13,16,28H2,1-5H3/t20?,27-/m1/s1. The molecule has 1 aliphatic rings. The van der Waals surface area contributed by atoms with Gasteiger partial charge in [0.2, 0.25) is 11.8 Å². The summed E-state index contributed by atoms with van der Waals surface area (Å²) in [6, 6.07) is 10.6. The van der Waals surface area contributed by atoms with E-state index in [2.05, 4.69) is 60.2 Å². The average molecular weight is 465 g/mol. The zero-order valence-electron chi connectivity index (χ0n) is 20.9. The minimum absolute atomic E-state index is 0.0420. The molecule has 0 amide bonds. The maximum absolute atomic E-state index is 10.9. The highest BCUT2D eigenvalue weighted by Crippen LogP contribution is 2.33. The van der Waals surface area contributed by atoms with E-state index >= 15 is 0 Å². The molecule has 0 fully saturated rings. The second kappa shape index (κ2) is 9.37. The highest BCUT2D eigenvalue weighted by Gasteiger charge is 2.31. The van der Waals surface area contributed by atoms with Crippen molar-refractivity contribution in [2.75, 3.05) is 5.73 Å². The summed E-state index contributed by atoms with van der Waals surface area (Å²) in [5.74, 6) is 0.884. The number of rotatable bonds is 2. The molecule has 1 unspecified atom stereocenters. The van der Waals surface area contributed by atoms with Crippen molar-refractivity contribution in [1.29, 1.82) is 0 Å². The summed E-state index contributed by atoms with van der Waals surface area (Å²) < 4.78 is 12.3. The molecule has 7 heteroatoms. The Bertz CT molecular complexity index is 1150. The topological polar surface area (TPSA) is 107 Å². The molecule has 3 N–H and O–H groups in total. The summed E-state index contributed by atoms with van der Waals surface area (Å²) in [6.45, 7) is 10.3. The normalized spacial score (nSPS) is 21.5. The molecule has 2 aromatic heterocycles. The molecule has 0 spiro atoms. The summed E-state index contributed by atoms with van der Waals surface area (Å²) in [6.07, 6.45) is 4.97. The van der Waals surface area contributed by atoms with Gasteiger partial charge in [0, 0.05) is 12.0 Å². The minimum atomic E-state index is -1.19. The molecule has 182 valence electrons. The molecule has 0 saturated heterocycles. The molecule has 4 rings (SSSR count). The van der Waals surface area contributed by atoms with Crippen molar-refractivity contribution in [3.63, 3.8) is 0 Å². The van der Waals surface area contributed by atoms with Crippen molar-refractivity contribution in [3.05, 3.63) is 52.9 Å². The Morgan fingerprint density at radius 3 is 2.71 bits per heavy atom. The van der Waals surface area contributed by atoms with Gasteiger partial charge in [0.1, 0.15) is 11.7 Å². The Hall–Kier alpha value is -2.93. The number of nitrogens with zero attached hydrogens (tertiary/aromatic N) is 3. The first-order chi connectivity index (χ1) is 16.0. The van der Waals surface area contributed by atoms with Crippen LogP contribution in [-0.4, -0.2) is 26.4 Å². The fourth-order valence-corrected chi connectivity index (χ4v) is 4.36. The van der Waals surface area contributed by atoms with Gasteiger partial charge in [-0.2, -0.15) is 0 Å². The molecular weight excluding hydrogens is 428 g/mol. The number of anilines is 1. The van der Waals surface area contributed by atoms with E-state index < -0.39 is 5.60 Å². The van der Waals surface area contributed by atoms with Gasteiger partial charge < -0.3 is 20.0 Å². The van der Waals surface area contributed by atoms with E-state index in [9.17, 15) is 5.11 Å². The van der Waals surface area contributed by atoms with Crippen molar-refractivity contribution in [2.45, 2.75) is 90.3 Å². The van der Waals surface area contributed by atoms with Crippen LogP contribution in [0.3, 0.4) is 0 Å². The van der Waals surface area contributed by atoms with Gasteiger partial charge in [0.05, 0.1) is 5.69 Å². The number of aromatic nitrogens is 3. The van der Waals surface area contributed by atoms with Crippen molar-refractivity contribution < 1.29 is 14.3 Å². The van der Waals surface area contributed by atoms with Crippen molar-refractivity contribution >= 4 is 5.69 Å². The minimum Gasteiger partial charge on any atom is -0.474 e. The van der Waals surface area contributed by atoms with Crippen LogP contribution in [0.25, 0.3) is 11.6 Å². The van der Waals surface area contributed by atoms with E-state index in [-0.39, 0.29) is 23.3 Å². The second-order valence-electron chi connectivity index (χ2n) is 10.7. The lowest BCUT2D eigenvalue weighted by atomic mass is 9.85. The zero-order chi connectivity index (χ0) is 24.5. The number of pyridine rings is 1. The van der Waals surface area contributed by atoms with Crippen LogP contribution in [0.5, 0.6) is 5.88 Å². The quantitative estimate of drug-likeness (QED) is 0.517. The first kappa shape index (κ1) is 24.2. The summed E-state index contributed by atoms with van der Waals surface area (Å²) in [5.41, 5.74) is 9.36. The van der Waals surface area contributed by atoms with Gasteiger partial charge >= 0.3 is 0 Å². The molecule has 3 heterocycles. The summed E-state index contributed by atoms with van der Waals surface area (Å²) in [4.78, 5) is 4.68. The monoisotopic (exact) mass is 464 g/mol. The van der Waals surface area contributed by atoms with Crippen molar-refractivity contribution in [3.8, 4) is 17.5 Å². The van der Waals surface area contributed by atoms with E-state index in [0.29, 0.717) is 23.7 Å². The lowest BCUT2D eigenvalue weighted by Gasteiger charge is -2.23. The van der Waals surface area contributed by atoms with Crippen LogP contribution >= 0.6 is 0 Å². The summed E-state index contributed by atoms with van der Waals surface area (Å²) in [7, 11) is 0. The molecular formula is C27H36N4O3. The van der Waals surface area contributed by atoms with E-state index in [1.165, 1.54) is 11.1 Å². The van der Waals surface area contributed by atoms with E-state index in [1.54, 1.807) is 6.92 Å². The van der Waals surface area contributed by atoms with Gasteiger partial charge in [-0.05, 0) is 55.7 Å². The molecule has 4 bridgehead atoms. The van der Waals surface area contributed by atoms with Crippen LogP contribution in [0.1, 0.15) is 82.4 Å². The van der Waals surface area contributed by atoms with Crippen LogP contribution in [-0.2, 0) is 17.4 Å². The van der Waals surface area contributed by atoms with Gasteiger partial charge in [-0.1, -0.05) is 57.9 Å². The largest absolute Gasteiger partial charge is 0.474 e. The lowest BCUT2D eigenvalue weighted by molar-refractivity contribution is 0.0174. The molecule has 0 aliphatic carbocycles. The van der Waals surface area contributed by atoms with E-state index in [1.807, 2.05) is 13.0 Å². The third-order valence-electron chi connectivity index (χ3n) is 6.51. The molecule has 1 aliphatic heterocycles. The summed E-state index contributed by atoms with van der Waals surface area (Å²) in [5, 5.41) is 19.1. The first-order valence-corrected chi connectivity index (χ1v) is 12.1. The van der Waals surface area contributed by atoms with Crippen LogP contribution in [0.4, 0.5) is 5.69 Å². The first-order valence-electron chi connectivity index (χ1n) is 12.1. The number of aliphatic hydroxyl groups is 1. The number of ether oxygens (including phenoxy) is 1. The van der Waals surface area contributed by atoms with E-state index in [0.717, 1.165) is 37.7 Å². The molecule has 0 saturated carbocycles. The molecule has 1 aromatic carbocycles. The SMILES string of the molecule is Cc1cc(N)c2nc1OC(Cc1cccc(C(C)(C)C)c1)CCCCC[C@@](C)(O)c1nnc-2o1. The Kier molecular flexibility index (Phi) is 6.67. The van der Waals surface area contributed by atoms with Gasteiger partial charge in [0.25, 0.3) is 5.89 Å². The van der Waals surface area contributed by atoms with Crippen LogP contribution in [0.15, 0.2) is 34.7 Å². The predicted molar refractivity (Wildman–Crippen MR) is 133 cm³/mol. The van der Waals surface area contributed by atoms with Crippen LogP contribution in [0.2, 0.25) is 0 Å². The fraction of sp³-hybridized carbons (Fsp3) is 0.519. The van der Waals surface area contributed by atoms with E-state index in [4.69, 9.17) is 14.9 Å². The van der Waals surface area contributed by atoms with Gasteiger partial charge in [-0.25, -0.2) is 4.98 Å². The number of nitrogen functional groups attached to an aromatic ring is 1. The Morgan fingerprint density at radius 2 is 1.94 bits per heavy atom. The maximum Gasteiger partial charge on any atom is 0.268 e. The van der Waals surface area contributed by atoms with Gasteiger partial charge in [-0.15, -0.1) is 10.2 Å². The number of fused-ring (bicyclic) bond motifs is 5. The Balaban J connectivity index is 1.68. The average Bonchev–Trinajstić information content (AvgIpc) is 3.25.